The Kier molecular flexibility index (Phi) is 9.82. The van der Waals surface area contributed by atoms with Crippen molar-refractivity contribution in [2.45, 2.75) is 64.6 Å². The van der Waals surface area contributed by atoms with Gasteiger partial charge in [0, 0.05) is 30.2 Å². The van der Waals surface area contributed by atoms with Crippen molar-refractivity contribution < 1.29 is 14.3 Å². The van der Waals surface area contributed by atoms with Gasteiger partial charge >= 0.3 is 0 Å². The van der Waals surface area contributed by atoms with Crippen molar-refractivity contribution in [1.29, 1.82) is 0 Å². The van der Waals surface area contributed by atoms with Gasteiger partial charge in [-0.25, -0.2) is 4.98 Å². The Morgan fingerprint density at radius 2 is 1.84 bits per heavy atom. The third kappa shape index (κ3) is 7.90. The molecule has 2 fully saturated rings. The molecule has 2 saturated carbocycles. The van der Waals surface area contributed by atoms with Crippen LogP contribution >= 0.6 is 0 Å². The number of aromatic nitrogens is 1. The number of hydrogen-bond donors (Lipinski definition) is 4. The summed E-state index contributed by atoms with van der Waals surface area (Å²) in [6, 6.07) is 2.58. The lowest BCUT2D eigenvalue weighted by molar-refractivity contribution is -0.127. The summed E-state index contributed by atoms with van der Waals surface area (Å²) in [5, 5.41) is 5.83. The topological polar surface area (TPSA) is 157 Å². The minimum absolute atomic E-state index is 0.0562. The maximum absolute atomic E-state index is 13.6. The first kappa shape index (κ1) is 27.9. The summed E-state index contributed by atoms with van der Waals surface area (Å²) in [5.41, 5.74) is 12.7. The summed E-state index contributed by atoms with van der Waals surface area (Å²) in [7, 11) is 1.55. The van der Waals surface area contributed by atoms with Crippen molar-refractivity contribution in [2.24, 2.45) is 39.2 Å². The fraction of sp³-hybridized carbons (Fsp3) is 0.519. The molecule has 6 N–H and O–H groups in total. The number of nitrogens with one attached hydrogen (secondary N) is 2. The molecule has 10 heteroatoms. The highest BCUT2D eigenvalue weighted by Crippen LogP contribution is 2.50. The van der Waals surface area contributed by atoms with Gasteiger partial charge in [0.1, 0.15) is 11.8 Å². The molecule has 0 aliphatic heterocycles. The highest BCUT2D eigenvalue weighted by Gasteiger charge is 2.48. The number of carbonyl (C=O) groups is 2. The molecule has 0 bridgehead atoms. The lowest BCUT2D eigenvalue weighted by Crippen LogP contribution is -2.53. The molecule has 2 aliphatic rings. The van der Waals surface area contributed by atoms with Crippen molar-refractivity contribution in [2.75, 3.05) is 7.11 Å². The van der Waals surface area contributed by atoms with Crippen LogP contribution in [0.4, 0.5) is 0 Å². The van der Waals surface area contributed by atoms with E-state index < -0.39 is 11.9 Å². The summed E-state index contributed by atoms with van der Waals surface area (Å²) < 4.78 is 5.32. The lowest BCUT2D eigenvalue weighted by atomic mass is 9.88. The van der Waals surface area contributed by atoms with Gasteiger partial charge in [-0.3, -0.25) is 19.6 Å². The number of methoxy groups -OCH3 is 1. The standard InChI is InChI=1S/C27H39N7O3/c1-16(2)32-22(11-12-28)25(35)34-24(23(18-7-8-18)19-9-10-19)26(36)33-20(14-29)15-31-17(3)21-6-5-13-30-27(21)37-4/h5-6,11-19,23-24H,7-10,28-29H2,1-4H3,(H,33,36)(H,34,35). The molecule has 0 spiro atoms. The van der Waals surface area contributed by atoms with E-state index in [1.165, 1.54) is 24.7 Å². The zero-order valence-electron chi connectivity index (χ0n) is 22.1. The summed E-state index contributed by atoms with van der Waals surface area (Å²) in [5.74, 6) is 0.617. The van der Waals surface area contributed by atoms with Crippen LogP contribution < -0.4 is 26.8 Å². The fourth-order valence-corrected chi connectivity index (χ4v) is 4.49. The maximum atomic E-state index is 13.6. The first-order valence-electron chi connectivity index (χ1n) is 12.8. The number of pyridine rings is 1. The van der Waals surface area contributed by atoms with Gasteiger partial charge in [0.2, 0.25) is 11.8 Å². The van der Waals surface area contributed by atoms with Crippen molar-refractivity contribution >= 4 is 23.7 Å². The zero-order chi connectivity index (χ0) is 26.9. The molecular weight excluding hydrogens is 470 g/mol. The first-order chi connectivity index (χ1) is 17.8. The monoisotopic (exact) mass is 509 g/mol. The van der Waals surface area contributed by atoms with E-state index in [0.29, 0.717) is 23.4 Å². The van der Waals surface area contributed by atoms with Crippen LogP contribution in [-0.2, 0) is 9.59 Å². The van der Waals surface area contributed by atoms with Crippen LogP contribution in [0.2, 0.25) is 0 Å². The van der Waals surface area contributed by atoms with Crippen molar-refractivity contribution in [3.05, 3.63) is 48.1 Å². The summed E-state index contributed by atoms with van der Waals surface area (Å²) in [4.78, 5) is 39.8. The minimum atomic E-state index is -0.727. The smallest absolute Gasteiger partial charge is 0.270 e. The van der Waals surface area contributed by atoms with Crippen LogP contribution in [-0.4, -0.2) is 47.9 Å². The summed E-state index contributed by atoms with van der Waals surface area (Å²) in [6.07, 6.45) is 11.4. The Bertz CT molecular complexity index is 1060. The van der Waals surface area contributed by atoms with Crippen LogP contribution in [0.3, 0.4) is 0 Å². The molecule has 37 heavy (non-hydrogen) atoms. The van der Waals surface area contributed by atoms with Gasteiger partial charge in [0.05, 0.1) is 18.8 Å². The Morgan fingerprint density at radius 3 is 2.38 bits per heavy atom. The van der Waals surface area contributed by atoms with Crippen LogP contribution in [0.15, 0.2) is 52.5 Å². The average Bonchev–Trinajstić information content (AvgIpc) is 3.80. The SMILES string of the molecule is COc1ncccc1C(C)N=CC(=CN)NC(=O)C(NC(=O)C(C=CN)=NC(C)C)C(C1CC1)C1CC1. The van der Waals surface area contributed by atoms with E-state index in [-0.39, 0.29) is 29.6 Å². The Labute approximate surface area is 218 Å². The number of carbonyl (C=O) groups excluding carboxylic acids is 2. The van der Waals surface area contributed by atoms with Gasteiger partial charge in [0.15, 0.2) is 0 Å². The Hall–Kier alpha value is -3.69. The zero-order valence-corrected chi connectivity index (χ0v) is 22.1. The van der Waals surface area contributed by atoms with E-state index in [1.54, 1.807) is 13.3 Å². The molecule has 3 rings (SSSR count). The average molecular weight is 510 g/mol. The third-order valence-electron chi connectivity index (χ3n) is 6.50. The van der Waals surface area contributed by atoms with E-state index in [2.05, 4.69) is 25.6 Å². The molecule has 0 radical (unpaired) electrons. The number of amides is 2. The molecular formula is C27H39N7O3. The molecule has 1 aromatic heterocycles. The second-order valence-electron chi connectivity index (χ2n) is 9.84. The van der Waals surface area contributed by atoms with Gasteiger partial charge < -0.3 is 26.8 Å². The fourth-order valence-electron chi connectivity index (χ4n) is 4.49. The third-order valence-corrected chi connectivity index (χ3v) is 6.50. The minimum Gasteiger partial charge on any atom is -0.481 e. The van der Waals surface area contributed by atoms with E-state index in [4.69, 9.17) is 16.2 Å². The van der Waals surface area contributed by atoms with E-state index in [1.807, 2.05) is 32.9 Å². The second kappa shape index (κ2) is 13.0. The van der Waals surface area contributed by atoms with E-state index in [0.717, 1.165) is 31.2 Å². The molecule has 0 aromatic carbocycles. The molecule has 2 atom stereocenters. The molecule has 2 aliphatic carbocycles. The number of ether oxygens (including phenoxy) is 1. The predicted molar refractivity (Wildman–Crippen MR) is 145 cm³/mol. The Morgan fingerprint density at radius 1 is 1.16 bits per heavy atom. The number of aliphatic imine (C=N–C) groups is 2. The number of allylic oxidation sites excluding steroid dienone is 1. The van der Waals surface area contributed by atoms with Crippen molar-refractivity contribution in [3.63, 3.8) is 0 Å². The second-order valence-corrected chi connectivity index (χ2v) is 9.84. The molecule has 200 valence electrons. The van der Waals surface area contributed by atoms with E-state index in [9.17, 15) is 9.59 Å². The van der Waals surface area contributed by atoms with Gasteiger partial charge in [-0.1, -0.05) is 0 Å². The first-order valence-corrected chi connectivity index (χ1v) is 12.8. The quantitative estimate of drug-likeness (QED) is 0.299. The van der Waals surface area contributed by atoms with Gasteiger partial charge in [-0.05, 0) is 88.6 Å². The van der Waals surface area contributed by atoms with Crippen LogP contribution in [0.1, 0.15) is 58.1 Å². The van der Waals surface area contributed by atoms with Crippen molar-refractivity contribution in [3.8, 4) is 5.88 Å². The Balaban J connectivity index is 1.78. The molecule has 2 unspecified atom stereocenters. The molecule has 1 heterocycles. The summed E-state index contributed by atoms with van der Waals surface area (Å²) in [6.45, 7) is 5.64. The van der Waals surface area contributed by atoms with E-state index >= 15 is 0 Å². The number of hydrogen-bond acceptors (Lipinski definition) is 8. The largest absolute Gasteiger partial charge is 0.481 e. The highest BCUT2D eigenvalue weighted by molar-refractivity contribution is 6.43. The summed E-state index contributed by atoms with van der Waals surface area (Å²) >= 11 is 0. The predicted octanol–water partition coefficient (Wildman–Crippen LogP) is 2.38. The van der Waals surface area contributed by atoms with Gasteiger partial charge in [0.25, 0.3) is 5.91 Å². The molecule has 0 saturated heterocycles. The molecule has 2 amide bonds. The maximum Gasteiger partial charge on any atom is 0.270 e. The lowest BCUT2D eigenvalue weighted by Gasteiger charge is -2.27. The van der Waals surface area contributed by atoms with Crippen LogP contribution in [0, 0.1) is 17.8 Å². The number of nitrogens with zero attached hydrogens (tertiary/aromatic N) is 3. The molecule has 1 aromatic rings. The van der Waals surface area contributed by atoms with Crippen molar-refractivity contribution in [1.82, 2.24) is 15.6 Å². The van der Waals surface area contributed by atoms with Crippen LogP contribution in [0.25, 0.3) is 0 Å². The highest BCUT2D eigenvalue weighted by atomic mass is 16.5. The van der Waals surface area contributed by atoms with Gasteiger partial charge in [-0.2, -0.15) is 0 Å². The number of rotatable bonds is 13. The molecule has 10 nitrogen and oxygen atoms in total. The van der Waals surface area contributed by atoms with Crippen LogP contribution in [0.5, 0.6) is 5.88 Å². The van der Waals surface area contributed by atoms with Gasteiger partial charge in [-0.15, -0.1) is 0 Å². The normalized spacial score (nSPS) is 18.4. The number of nitrogens with two attached hydrogens (primary N) is 2.